The number of carbonyl (C=O) groups is 1. The lowest BCUT2D eigenvalue weighted by molar-refractivity contribution is -0.160. The summed E-state index contributed by atoms with van der Waals surface area (Å²) in [4.78, 5) is 20.6. The molecule has 1 unspecified atom stereocenters. The summed E-state index contributed by atoms with van der Waals surface area (Å²) in [5.41, 5.74) is 6.05. The third-order valence-electron chi connectivity index (χ3n) is 9.50. The van der Waals surface area contributed by atoms with Crippen LogP contribution in [0.5, 0.6) is 5.75 Å². The smallest absolute Gasteiger partial charge is 0.337 e. The van der Waals surface area contributed by atoms with Crippen LogP contribution in [0.4, 0.5) is 10.1 Å². The molecule has 53 heavy (non-hydrogen) atoms. The number of hydrogen-bond acceptors (Lipinski definition) is 7. The number of ether oxygens (including phenoxy) is 4. The lowest BCUT2D eigenvalue weighted by atomic mass is 9.81. The minimum Gasteiger partial charge on any atom is -0.493 e. The Morgan fingerprint density at radius 1 is 0.887 bits per heavy atom. The van der Waals surface area contributed by atoms with Crippen molar-refractivity contribution in [2.75, 3.05) is 37.8 Å². The van der Waals surface area contributed by atoms with Gasteiger partial charge < -0.3 is 29.0 Å². The van der Waals surface area contributed by atoms with Crippen LogP contribution in [-0.2, 0) is 38.6 Å². The maximum absolute atomic E-state index is 13.3. The van der Waals surface area contributed by atoms with E-state index in [9.17, 15) is 14.3 Å². The van der Waals surface area contributed by atoms with Gasteiger partial charge in [-0.05, 0) is 93.3 Å². The van der Waals surface area contributed by atoms with Crippen molar-refractivity contribution in [2.45, 2.75) is 92.1 Å². The molecule has 284 valence electrons. The average Bonchev–Trinajstić information content (AvgIpc) is 3.11. The second-order valence-electron chi connectivity index (χ2n) is 15.6. The molecule has 1 aromatic heterocycles. The number of carboxylic acids is 1. The molecule has 1 atom stereocenters. The minimum absolute atomic E-state index is 0.138. The number of piperidine rings is 1. The van der Waals surface area contributed by atoms with Crippen LogP contribution in [0.1, 0.15) is 88.1 Å². The third-order valence-corrected chi connectivity index (χ3v) is 9.50. The molecule has 1 aliphatic rings. The summed E-state index contributed by atoms with van der Waals surface area (Å²) in [5, 5.41) is 10.8. The number of hydrogen-bond donors (Lipinski definition) is 1. The van der Waals surface area contributed by atoms with Crippen molar-refractivity contribution in [3.05, 3.63) is 113 Å². The molecule has 1 aliphatic heterocycles. The Morgan fingerprint density at radius 3 is 2.15 bits per heavy atom. The van der Waals surface area contributed by atoms with Gasteiger partial charge in [0.2, 0.25) is 0 Å². The number of benzene rings is 3. The van der Waals surface area contributed by atoms with Gasteiger partial charge in [-0.3, -0.25) is 4.98 Å². The van der Waals surface area contributed by atoms with Gasteiger partial charge in [0.25, 0.3) is 0 Å². The summed E-state index contributed by atoms with van der Waals surface area (Å²) in [6.45, 7) is 15.8. The van der Waals surface area contributed by atoms with Crippen molar-refractivity contribution in [3.63, 3.8) is 0 Å². The van der Waals surface area contributed by atoms with E-state index in [1.165, 1.54) is 12.1 Å². The second-order valence-corrected chi connectivity index (χ2v) is 15.6. The maximum atomic E-state index is 13.3. The van der Waals surface area contributed by atoms with Gasteiger partial charge in [-0.1, -0.05) is 68.4 Å². The van der Waals surface area contributed by atoms with Gasteiger partial charge in [-0.25, -0.2) is 9.18 Å². The number of anilines is 1. The summed E-state index contributed by atoms with van der Waals surface area (Å²) in [7, 11) is 0. The van der Waals surface area contributed by atoms with Crippen molar-refractivity contribution in [3.8, 4) is 16.9 Å². The van der Waals surface area contributed by atoms with Gasteiger partial charge in [0, 0.05) is 49.5 Å². The third kappa shape index (κ3) is 11.6. The van der Waals surface area contributed by atoms with Crippen LogP contribution in [0.2, 0.25) is 0 Å². The van der Waals surface area contributed by atoms with E-state index in [4.69, 9.17) is 23.9 Å². The van der Waals surface area contributed by atoms with Gasteiger partial charge in [-0.2, -0.15) is 0 Å². The summed E-state index contributed by atoms with van der Waals surface area (Å²) in [5.74, 6) is -0.623. The molecule has 1 N–H and O–H groups in total. The SMILES string of the molecule is Cc1nc(COCCCOCc2ccccc2)c(C(OC(C)(C)C)C(=O)O)c(N2CCC(C)(C)CC2)c1-c1ccc(OCCc2ccc(F)cc2)cc1. The predicted octanol–water partition coefficient (Wildman–Crippen LogP) is 9.51. The van der Waals surface area contributed by atoms with Crippen LogP contribution in [0, 0.1) is 18.2 Å². The number of carboxylic acid groups (broad SMARTS) is 1. The highest BCUT2D eigenvalue weighted by atomic mass is 19.1. The molecule has 9 heteroatoms. The van der Waals surface area contributed by atoms with Crippen molar-refractivity contribution in [1.82, 2.24) is 4.98 Å². The number of aliphatic carboxylic acids is 1. The summed E-state index contributed by atoms with van der Waals surface area (Å²) in [6.07, 6.45) is 1.99. The number of halogens is 1. The largest absolute Gasteiger partial charge is 0.493 e. The highest BCUT2D eigenvalue weighted by Gasteiger charge is 2.37. The molecule has 0 spiro atoms. The van der Waals surface area contributed by atoms with Gasteiger partial charge >= 0.3 is 5.97 Å². The molecule has 0 bridgehead atoms. The Bertz CT molecular complexity index is 1760. The molecule has 0 aliphatic carbocycles. The Hall–Kier alpha value is -4.31. The lowest BCUT2D eigenvalue weighted by Gasteiger charge is -2.41. The summed E-state index contributed by atoms with van der Waals surface area (Å²) >= 11 is 0. The summed E-state index contributed by atoms with van der Waals surface area (Å²) in [6, 6.07) is 24.4. The van der Waals surface area contributed by atoms with E-state index in [1.54, 1.807) is 12.1 Å². The van der Waals surface area contributed by atoms with Crippen molar-refractivity contribution >= 4 is 11.7 Å². The molecule has 1 fully saturated rings. The highest BCUT2D eigenvalue weighted by Crippen LogP contribution is 2.45. The van der Waals surface area contributed by atoms with Crippen LogP contribution in [0.15, 0.2) is 78.9 Å². The fourth-order valence-corrected chi connectivity index (χ4v) is 6.59. The Kier molecular flexibility index (Phi) is 13.7. The molecule has 3 aromatic carbocycles. The molecule has 0 saturated carbocycles. The summed E-state index contributed by atoms with van der Waals surface area (Å²) < 4.78 is 37.8. The first-order chi connectivity index (χ1) is 25.3. The van der Waals surface area contributed by atoms with Crippen LogP contribution in [-0.4, -0.2) is 54.6 Å². The standard InChI is InChI=1S/C44H55FN2O6/c1-31-38(34-15-19-36(20-16-34)52-28-21-32-13-17-35(45)18-14-32)40(47-24-22-44(5,6)23-25-47)39(41(42(48)49)53-43(2,3)4)37(46-31)30-51-27-10-26-50-29-33-11-8-7-9-12-33/h7-9,11-20,41H,10,21-30H2,1-6H3,(H,48,49). The Balaban J connectivity index is 1.44. The maximum Gasteiger partial charge on any atom is 0.337 e. The van der Waals surface area contributed by atoms with Crippen LogP contribution in [0.3, 0.4) is 0 Å². The average molecular weight is 727 g/mol. The topological polar surface area (TPSA) is 90.3 Å². The van der Waals surface area contributed by atoms with E-state index >= 15 is 0 Å². The number of aryl methyl sites for hydroxylation is 1. The van der Waals surface area contributed by atoms with E-state index in [0.717, 1.165) is 59.6 Å². The zero-order valence-corrected chi connectivity index (χ0v) is 32.1. The molecule has 0 amide bonds. The fourth-order valence-electron chi connectivity index (χ4n) is 6.59. The molecular formula is C44H55FN2O6. The molecular weight excluding hydrogens is 671 g/mol. The Labute approximate surface area is 314 Å². The quantitative estimate of drug-likeness (QED) is 0.108. The first-order valence-corrected chi connectivity index (χ1v) is 18.7. The molecule has 8 nitrogen and oxygen atoms in total. The Morgan fingerprint density at radius 2 is 1.53 bits per heavy atom. The van der Waals surface area contributed by atoms with E-state index in [2.05, 4.69) is 18.7 Å². The zero-order valence-electron chi connectivity index (χ0n) is 32.1. The van der Waals surface area contributed by atoms with E-state index in [-0.39, 0.29) is 17.8 Å². The van der Waals surface area contributed by atoms with Crippen molar-refractivity contribution in [1.29, 1.82) is 0 Å². The molecule has 0 radical (unpaired) electrons. The zero-order chi connectivity index (χ0) is 38.0. The number of pyridine rings is 1. The van der Waals surface area contributed by atoms with E-state index in [1.807, 2.05) is 82.3 Å². The van der Waals surface area contributed by atoms with E-state index in [0.29, 0.717) is 56.3 Å². The predicted molar refractivity (Wildman–Crippen MR) is 207 cm³/mol. The van der Waals surface area contributed by atoms with Gasteiger partial charge in [0.1, 0.15) is 11.6 Å². The molecule has 5 rings (SSSR count). The second kappa shape index (κ2) is 18.1. The monoisotopic (exact) mass is 726 g/mol. The van der Waals surface area contributed by atoms with Gasteiger partial charge in [0.05, 0.1) is 36.8 Å². The molecule has 2 heterocycles. The van der Waals surface area contributed by atoms with Crippen molar-refractivity contribution in [2.24, 2.45) is 5.41 Å². The van der Waals surface area contributed by atoms with Crippen molar-refractivity contribution < 1.29 is 33.2 Å². The number of rotatable bonds is 17. The fraction of sp³-hybridized carbons (Fsp3) is 0.455. The first-order valence-electron chi connectivity index (χ1n) is 18.7. The van der Waals surface area contributed by atoms with Gasteiger partial charge in [-0.15, -0.1) is 0 Å². The first kappa shape index (κ1) is 39.9. The minimum atomic E-state index is -1.27. The van der Waals surface area contributed by atoms with Crippen LogP contribution >= 0.6 is 0 Å². The molecule has 4 aromatic rings. The lowest BCUT2D eigenvalue weighted by Crippen LogP contribution is -2.39. The van der Waals surface area contributed by atoms with Gasteiger partial charge in [0.15, 0.2) is 6.10 Å². The van der Waals surface area contributed by atoms with Crippen LogP contribution in [0.25, 0.3) is 11.1 Å². The van der Waals surface area contributed by atoms with Crippen LogP contribution < -0.4 is 9.64 Å². The number of nitrogens with zero attached hydrogens (tertiary/aromatic N) is 2. The number of aromatic nitrogens is 1. The normalized spacial score (nSPS) is 15.0. The van der Waals surface area contributed by atoms with E-state index < -0.39 is 17.7 Å². The highest BCUT2D eigenvalue weighted by molar-refractivity contribution is 5.88. The molecule has 1 saturated heterocycles.